The van der Waals surface area contributed by atoms with Crippen LogP contribution in [0.15, 0.2) is 48.5 Å². The predicted octanol–water partition coefficient (Wildman–Crippen LogP) is 3.79. The van der Waals surface area contributed by atoms with Crippen LogP contribution in [0.25, 0.3) is 0 Å². The first kappa shape index (κ1) is 22.9. The highest BCUT2D eigenvalue weighted by Crippen LogP contribution is 2.23. The number of benzene rings is 1. The lowest BCUT2D eigenvalue weighted by Gasteiger charge is -2.33. The second kappa shape index (κ2) is 10.5. The van der Waals surface area contributed by atoms with Gasteiger partial charge < -0.3 is 15.0 Å². The Labute approximate surface area is 195 Å². The van der Waals surface area contributed by atoms with Crippen LogP contribution in [0.5, 0.6) is 0 Å². The number of nitrogens with one attached hydrogen (secondary N) is 1. The SMILES string of the molecule is Cc1cc(Cc2ccccc2)cc(C2CN(C(=O)CCNc3nc(C)cc(C)n3)CCO2)n1. The fraction of sp³-hybridized carbons (Fsp3) is 0.385. The van der Waals surface area contributed by atoms with Crippen LogP contribution in [0.2, 0.25) is 0 Å². The summed E-state index contributed by atoms with van der Waals surface area (Å²) in [6.07, 6.45) is 1.01. The molecule has 4 rings (SSSR count). The molecule has 0 saturated carbocycles. The van der Waals surface area contributed by atoms with Crippen LogP contribution in [0.3, 0.4) is 0 Å². The van der Waals surface area contributed by atoms with Crippen molar-refractivity contribution in [3.05, 3.63) is 82.4 Å². The smallest absolute Gasteiger partial charge is 0.224 e. The van der Waals surface area contributed by atoms with E-state index in [1.54, 1.807) is 0 Å². The summed E-state index contributed by atoms with van der Waals surface area (Å²) in [5, 5.41) is 3.16. The van der Waals surface area contributed by atoms with E-state index in [4.69, 9.17) is 9.72 Å². The minimum absolute atomic E-state index is 0.0948. The molecule has 0 aliphatic carbocycles. The topological polar surface area (TPSA) is 80.2 Å². The Bertz CT molecular complexity index is 1080. The summed E-state index contributed by atoms with van der Waals surface area (Å²) in [6.45, 7) is 7.98. The molecule has 3 aromatic rings. The third kappa shape index (κ3) is 6.35. The molecule has 7 nitrogen and oxygen atoms in total. The molecule has 1 aromatic carbocycles. The van der Waals surface area contributed by atoms with E-state index in [-0.39, 0.29) is 12.0 Å². The Kier molecular flexibility index (Phi) is 7.29. The number of morpholine rings is 1. The third-order valence-electron chi connectivity index (χ3n) is 5.64. The predicted molar refractivity (Wildman–Crippen MR) is 128 cm³/mol. The molecule has 1 atom stereocenters. The van der Waals surface area contributed by atoms with Crippen LogP contribution in [-0.4, -0.2) is 52.0 Å². The minimum Gasteiger partial charge on any atom is -0.368 e. The van der Waals surface area contributed by atoms with E-state index >= 15 is 0 Å². The summed E-state index contributed by atoms with van der Waals surface area (Å²) in [5.41, 5.74) is 6.13. The lowest BCUT2D eigenvalue weighted by atomic mass is 10.0. The molecule has 1 fully saturated rings. The molecule has 2 aromatic heterocycles. The van der Waals surface area contributed by atoms with E-state index in [2.05, 4.69) is 51.7 Å². The molecule has 7 heteroatoms. The molecule has 33 heavy (non-hydrogen) atoms. The second-order valence-electron chi connectivity index (χ2n) is 8.55. The van der Waals surface area contributed by atoms with Crippen LogP contribution >= 0.6 is 0 Å². The van der Waals surface area contributed by atoms with Crippen molar-refractivity contribution in [1.29, 1.82) is 0 Å². The van der Waals surface area contributed by atoms with Gasteiger partial charge in [-0.05, 0) is 56.5 Å². The molecule has 0 bridgehead atoms. The monoisotopic (exact) mass is 445 g/mol. The number of pyridine rings is 1. The van der Waals surface area contributed by atoms with Crippen molar-refractivity contribution in [2.75, 3.05) is 31.6 Å². The molecular formula is C26H31N5O2. The highest BCUT2D eigenvalue weighted by Gasteiger charge is 2.26. The average molecular weight is 446 g/mol. The van der Waals surface area contributed by atoms with Gasteiger partial charge in [0.25, 0.3) is 0 Å². The van der Waals surface area contributed by atoms with Crippen molar-refractivity contribution in [3.8, 4) is 0 Å². The second-order valence-corrected chi connectivity index (χ2v) is 8.55. The Morgan fingerprint density at radius 1 is 1.00 bits per heavy atom. The van der Waals surface area contributed by atoms with Crippen molar-refractivity contribution < 1.29 is 9.53 Å². The number of hydrogen-bond donors (Lipinski definition) is 1. The zero-order chi connectivity index (χ0) is 23.2. The number of anilines is 1. The summed E-state index contributed by atoms with van der Waals surface area (Å²) < 4.78 is 6.01. The van der Waals surface area contributed by atoms with Crippen molar-refractivity contribution in [2.24, 2.45) is 0 Å². The van der Waals surface area contributed by atoms with E-state index in [1.807, 2.05) is 37.8 Å². The van der Waals surface area contributed by atoms with Gasteiger partial charge in [-0.25, -0.2) is 9.97 Å². The number of carbonyl (C=O) groups is 1. The maximum Gasteiger partial charge on any atom is 0.224 e. The van der Waals surface area contributed by atoms with E-state index in [1.165, 1.54) is 11.1 Å². The molecule has 172 valence electrons. The van der Waals surface area contributed by atoms with Gasteiger partial charge in [-0.3, -0.25) is 9.78 Å². The first-order valence-electron chi connectivity index (χ1n) is 11.4. The first-order valence-corrected chi connectivity index (χ1v) is 11.4. The van der Waals surface area contributed by atoms with Crippen LogP contribution < -0.4 is 5.32 Å². The molecular weight excluding hydrogens is 414 g/mol. The van der Waals surface area contributed by atoms with Gasteiger partial charge in [0.2, 0.25) is 11.9 Å². The van der Waals surface area contributed by atoms with Gasteiger partial charge in [0.1, 0.15) is 6.10 Å². The van der Waals surface area contributed by atoms with Crippen molar-refractivity contribution >= 4 is 11.9 Å². The zero-order valence-corrected chi connectivity index (χ0v) is 19.5. The summed E-state index contributed by atoms with van der Waals surface area (Å²) in [6, 6.07) is 16.5. The molecule has 3 heterocycles. The first-order chi connectivity index (χ1) is 16.0. The molecule has 1 unspecified atom stereocenters. The Morgan fingerprint density at radius 2 is 1.73 bits per heavy atom. The summed E-state index contributed by atoms with van der Waals surface area (Å²) in [4.78, 5) is 28.2. The largest absolute Gasteiger partial charge is 0.368 e. The van der Waals surface area contributed by atoms with Gasteiger partial charge in [0, 0.05) is 36.6 Å². The molecule has 1 N–H and O–H groups in total. The van der Waals surface area contributed by atoms with E-state index in [0.29, 0.717) is 38.6 Å². The number of carbonyl (C=O) groups excluding carboxylic acids is 1. The van der Waals surface area contributed by atoms with Crippen molar-refractivity contribution in [1.82, 2.24) is 19.9 Å². The maximum atomic E-state index is 12.8. The van der Waals surface area contributed by atoms with Gasteiger partial charge in [0.05, 0.1) is 18.8 Å². The zero-order valence-electron chi connectivity index (χ0n) is 19.5. The number of aryl methyl sites for hydroxylation is 3. The molecule has 1 aliphatic rings. The molecule has 0 spiro atoms. The lowest BCUT2D eigenvalue weighted by Crippen LogP contribution is -2.43. The van der Waals surface area contributed by atoms with Gasteiger partial charge in [-0.15, -0.1) is 0 Å². The fourth-order valence-electron chi connectivity index (χ4n) is 4.17. The number of aromatic nitrogens is 3. The quantitative estimate of drug-likeness (QED) is 0.596. The van der Waals surface area contributed by atoms with Crippen LogP contribution in [0.4, 0.5) is 5.95 Å². The van der Waals surface area contributed by atoms with Crippen molar-refractivity contribution in [2.45, 2.75) is 39.7 Å². The molecule has 0 radical (unpaired) electrons. The van der Waals surface area contributed by atoms with Crippen LogP contribution in [0.1, 0.15) is 46.4 Å². The summed E-state index contributed by atoms with van der Waals surface area (Å²) in [5.74, 6) is 0.660. The van der Waals surface area contributed by atoms with Gasteiger partial charge >= 0.3 is 0 Å². The fourth-order valence-corrected chi connectivity index (χ4v) is 4.17. The minimum atomic E-state index is -0.215. The van der Waals surface area contributed by atoms with Crippen LogP contribution in [0, 0.1) is 20.8 Å². The third-order valence-corrected chi connectivity index (χ3v) is 5.64. The Balaban J connectivity index is 1.36. The molecule has 1 saturated heterocycles. The lowest BCUT2D eigenvalue weighted by molar-refractivity contribution is -0.138. The maximum absolute atomic E-state index is 12.8. The molecule has 1 amide bonds. The summed E-state index contributed by atoms with van der Waals surface area (Å²) in [7, 11) is 0. The Hall–Kier alpha value is -3.32. The van der Waals surface area contributed by atoms with Gasteiger partial charge in [0.15, 0.2) is 0 Å². The number of nitrogens with zero attached hydrogens (tertiary/aromatic N) is 4. The highest BCUT2D eigenvalue weighted by molar-refractivity contribution is 5.76. The van der Waals surface area contributed by atoms with Crippen LogP contribution in [-0.2, 0) is 16.0 Å². The average Bonchev–Trinajstić information content (AvgIpc) is 2.79. The normalized spacial score (nSPS) is 16.0. The number of rotatable bonds is 7. The molecule has 1 aliphatic heterocycles. The number of ether oxygens (including phenoxy) is 1. The van der Waals surface area contributed by atoms with E-state index in [0.717, 1.165) is 29.2 Å². The Morgan fingerprint density at radius 3 is 2.48 bits per heavy atom. The highest BCUT2D eigenvalue weighted by atomic mass is 16.5. The van der Waals surface area contributed by atoms with Gasteiger partial charge in [-0.1, -0.05) is 30.3 Å². The van der Waals surface area contributed by atoms with E-state index in [9.17, 15) is 4.79 Å². The number of hydrogen-bond acceptors (Lipinski definition) is 6. The standard InChI is InChI=1S/C26H31N5O2/c1-18-13-19(2)30-26(29-18)27-10-9-25(32)31-11-12-33-24(17-31)23-16-22(14-20(3)28-23)15-21-7-5-4-6-8-21/h4-8,13-14,16,24H,9-12,15,17H2,1-3H3,(H,27,29,30). The number of amides is 1. The van der Waals surface area contributed by atoms with Gasteiger partial charge in [-0.2, -0.15) is 0 Å². The van der Waals surface area contributed by atoms with Crippen molar-refractivity contribution in [3.63, 3.8) is 0 Å². The summed E-state index contributed by atoms with van der Waals surface area (Å²) >= 11 is 0. The van der Waals surface area contributed by atoms with E-state index < -0.39 is 0 Å².